The first-order chi connectivity index (χ1) is 8.49. The maximum Gasteiger partial charge on any atom is 0.433 e. The minimum Gasteiger partial charge on any atom is -0.404 e. The first-order valence-electron chi connectivity index (χ1n) is 4.93. The zero-order valence-electron chi connectivity index (χ0n) is 8.97. The molecule has 18 heavy (non-hydrogen) atoms. The van der Waals surface area contributed by atoms with Crippen LogP contribution in [0.15, 0.2) is 43.7 Å². The van der Waals surface area contributed by atoms with Crippen LogP contribution >= 0.6 is 31.9 Å². The fourth-order valence-corrected chi connectivity index (χ4v) is 2.39. The molecule has 2 aromatic rings. The van der Waals surface area contributed by atoms with Gasteiger partial charge in [-0.1, -0.05) is 31.9 Å². The molecule has 94 valence electrons. The molecule has 1 heterocycles. The fraction of sp³-hybridized carbons (Fsp3) is 0.0909. The van der Waals surface area contributed by atoms with Gasteiger partial charge >= 0.3 is 5.88 Å². The maximum atomic E-state index is 10.5. The van der Waals surface area contributed by atoms with Gasteiger partial charge in [0.2, 0.25) is 0 Å². The van der Waals surface area contributed by atoms with E-state index in [1.165, 1.54) is 12.1 Å². The predicted molar refractivity (Wildman–Crippen MR) is 73.2 cm³/mol. The number of furan rings is 1. The molecule has 0 saturated carbocycles. The summed E-state index contributed by atoms with van der Waals surface area (Å²) >= 11 is 6.74. The Hall–Kier alpha value is -1.18. The van der Waals surface area contributed by atoms with Gasteiger partial charge in [0, 0.05) is 8.95 Å². The van der Waals surface area contributed by atoms with E-state index in [2.05, 4.69) is 31.9 Å². The summed E-state index contributed by atoms with van der Waals surface area (Å²) in [5.41, 5.74) is 6.82. The molecule has 1 atom stereocenters. The zero-order chi connectivity index (χ0) is 13.3. The summed E-state index contributed by atoms with van der Waals surface area (Å²) in [6.07, 6.45) is 0. The van der Waals surface area contributed by atoms with Gasteiger partial charge in [-0.3, -0.25) is 10.1 Å². The zero-order valence-corrected chi connectivity index (χ0v) is 12.1. The summed E-state index contributed by atoms with van der Waals surface area (Å²) < 4.78 is 6.79. The Morgan fingerprint density at radius 3 is 2.61 bits per heavy atom. The lowest BCUT2D eigenvalue weighted by Crippen LogP contribution is -2.11. The Labute approximate surface area is 119 Å². The predicted octanol–water partition coefficient (Wildman–Crippen LogP) is 3.76. The first kappa shape index (κ1) is 13.3. The van der Waals surface area contributed by atoms with Crippen molar-refractivity contribution in [2.75, 3.05) is 0 Å². The normalized spacial score (nSPS) is 12.4. The Morgan fingerprint density at radius 1 is 1.28 bits per heavy atom. The third kappa shape index (κ3) is 2.63. The number of nitrogens with zero attached hydrogens (tertiary/aromatic N) is 1. The minimum atomic E-state index is -0.591. The van der Waals surface area contributed by atoms with E-state index in [-0.39, 0.29) is 5.88 Å². The third-order valence-electron chi connectivity index (χ3n) is 2.39. The van der Waals surface area contributed by atoms with Crippen molar-refractivity contribution in [2.45, 2.75) is 6.04 Å². The highest BCUT2D eigenvalue weighted by Gasteiger charge is 2.20. The second-order valence-corrected chi connectivity index (χ2v) is 5.35. The summed E-state index contributed by atoms with van der Waals surface area (Å²) in [4.78, 5) is 9.96. The van der Waals surface area contributed by atoms with Crippen LogP contribution in [0.5, 0.6) is 0 Å². The smallest absolute Gasteiger partial charge is 0.404 e. The molecule has 2 N–H and O–H groups in total. The van der Waals surface area contributed by atoms with Gasteiger partial charge in [0.05, 0.1) is 12.1 Å². The number of halogens is 2. The molecule has 1 unspecified atom stereocenters. The Morgan fingerprint density at radius 2 is 2.00 bits per heavy atom. The minimum absolute atomic E-state index is 0.313. The number of nitrogens with two attached hydrogens (primary N) is 1. The summed E-state index contributed by atoms with van der Waals surface area (Å²) in [6, 6.07) is 7.78. The fourth-order valence-electron chi connectivity index (χ4n) is 1.51. The van der Waals surface area contributed by atoms with Crippen molar-refractivity contribution in [3.63, 3.8) is 0 Å². The molecular weight excluding hydrogens is 368 g/mol. The van der Waals surface area contributed by atoms with E-state index in [1.54, 1.807) is 0 Å². The molecule has 0 bridgehead atoms. The van der Waals surface area contributed by atoms with Gasteiger partial charge < -0.3 is 10.2 Å². The van der Waals surface area contributed by atoms with Gasteiger partial charge in [0.1, 0.15) is 10.7 Å². The summed E-state index contributed by atoms with van der Waals surface area (Å²) in [7, 11) is 0. The van der Waals surface area contributed by atoms with E-state index >= 15 is 0 Å². The van der Waals surface area contributed by atoms with Crippen LogP contribution in [0.25, 0.3) is 0 Å². The van der Waals surface area contributed by atoms with Gasteiger partial charge in [-0.2, -0.15) is 0 Å². The van der Waals surface area contributed by atoms with Crippen LogP contribution in [0.3, 0.4) is 0 Å². The monoisotopic (exact) mass is 374 g/mol. The van der Waals surface area contributed by atoms with Crippen molar-refractivity contribution in [1.29, 1.82) is 0 Å². The molecule has 0 spiro atoms. The molecule has 0 amide bonds. The average molecular weight is 376 g/mol. The molecule has 0 radical (unpaired) electrons. The molecule has 0 aliphatic heterocycles. The van der Waals surface area contributed by atoms with E-state index < -0.39 is 11.0 Å². The lowest BCUT2D eigenvalue weighted by Gasteiger charge is -2.11. The van der Waals surface area contributed by atoms with Crippen molar-refractivity contribution in [2.24, 2.45) is 5.73 Å². The van der Waals surface area contributed by atoms with Crippen molar-refractivity contribution in [3.05, 3.63) is 60.7 Å². The van der Waals surface area contributed by atoms with Crippen LogP contribution in [0.4, 0.5) is 5.88 Å². The highest BCUT2D eigenvalue weighted by Crippen LogP contribution is 2.31. The molecule has 1 aromatic heterocycles. The second kappa shape index (κ2) is 5.21. The van der Waals surface area contributed by atoms with Crippen LogP contribution in [0, 0.1) is 10.1 Å². The summed E-state index contributed by atoms with van der Waals surface area (Å²) in [6.45, 7) is 0. The number of hydrogen-bond donors (Lipinski definition) is 1. The Kier molecular flexibility index (Phi) is 3.84. The Balaban J connectivity index is 2.37. The highest BCUT2D eigenvalue weighted by atomic mass is 79.9. The van der Waals surface area contributed by atoms with Crippen LogP contribution in [0.2, 0.25) is 0 Å². The largest absolute Gasteiger partial charge is 0.433 e. The van der Waals surface area contributed by atoms with Crippen LogP contribution < -0.4 is 5.73 Å². The van der Waals surface area contributed by atoms with Crippen molar-refractivity contribution in [3.8, 4) is 0 Å². The van der Waals surface area contributed by atoms with Gasteiger partial charge in [-0.05, 0) is 29.8 Å². The van der Waals surface area contributed by atoms with Gasteiger partial charge in [-0.25, -0.2) is 0 Å². The number of hydrogen-bond acceptors (Lipinski definition) is 4. The average Bonchev–Trinajstić information content (AvgIpc) is 2.81. The van der Waals surface area contributed by atoms with Crippen LogP contribution in [-0.2, 0) is 0 Å². The molecule has 0 aliphatic rings. The van der Waals surface area contributed by atoms with E-state index in [1.807, 2.05) is 18.2 Å². The highest BCUT2D eigenvalue weighted by molar-refractivity contribution is 9.11. The second-order valence-electron chi connectivity index (χ2n) is 3.58. The van der Waals surface area contributed by atoms with Gasteiger partial charge in [0.15, 0.2) is 0 Å². The van der Waals surface area contributed by atoms with E-state index in [0.29, 0.717) is 5.76 Å². The van der Waals surface area contributed by atoms with Crippen LogP contribution in [-0.4, -0.2) is 4.92 Å². The van der Waals surface area contributed by atoms with Gasteiger partial charge in [0.25, 0.3) is 0 Å². The molecule has 0 saturated heterocycles. The molecule has 2 rings (SSSR count). The van der Waals surface area contributed by atoms with Crippen LogP contribution in [0.1, 0.15) is 17.4 Å². The topological polar surface area (TPSA) is 82.3 Å². The molecule has 0 fully saturated rings. The SMILES string of the molecule is NC(c1ccc([N+](=O)[O-])o1)c1cc(Br)ccc1Br. The molecule has 1 aromatic carbocycles. The van der Waals surface area contributed by atoms with E-state index in [9.17, 15) is 10.1 Å². The van der Waals surface area contributed by atoms with Crippen molar-refractivity contribution < 1.29 is 9.34 Å². The number of nitro groups is 1. The standard InChI is InChI=1S/C11H8Br2N2O3/c12-6-1-2-8(13)7(5-6)11(14)9-3-4-10(18-9)15(16)17/h1-5,11H,14H2. The third-order valence-corrected chi connectivity index (χ3v) is 3.61. The Bertz CT molecular complexity index is 598. The van der Waals surface area contributed by atoms with E-state index in [4.69, 9.17) is 10.2 Å². The summed E-state index contributed by atoms with van der Waals surface area (Å²) in [5, 5.41) is 10.5. The molecule has 7 heteroatoms. The molecule has 0 aliphatic carbocycles. The number of rotatable bonds is 3. The lowest BCUT2D eigenvalue weighted by molar-refractivity contribution is -0.402. The first-order valence-corrected chi connectivity index (χ1v) is 6.52. The molecular formula is C11H8Br2N2O3. The van der Waals surface area contributed by atoms with Gasteiger partial charge in [-0.15, -0.1) is 0 Å². The van der Waals surface area contributed by atoms with Crippen molar-refractivity contribution >= 4 is 37.7 Å². The lowest BCUT2D eigenvalue weighted by atomic mass is 10.1. The van der Waals surface area contributed by atoms with Crippen molar-refractivity contribution in [1.82, 2.24) is 0 Å². The van der Waals surface area contributed by atoms with E-state index in [0.717, 1.165) is 14.5 Å². The quantitative estimate of drug-likeness (QED) is 0.653. The number of benzene rings is 1. The summed E-state index contributed by atoms with van der Waals surface area (Å²) in [5.74, 6) is 0.0343. The molecule has 5 nitrogen and oxygen atoms in total. The maximum absolute atomic E-state index is 10.5.